The summed E-state index contributed by atoms with van der Waals surface area (Å²) in [7, 11) is 1.61. The molecule has 166 valence electrons. The Bertz CT molecular complexity index is 1240. The average molecular weight is 479 g/mol. The van der Waals surface area contributed by atoms with E-state index >= 15 is 0 Å². The van der Waals surface area contributed by atoms with E-state index in [-0.39, 0.29) is 11.7 Å². The molecule has 1 N–H and O–H groups in total. The third-order valence-corrected chi connectivity index (χ3v) is 5.69. The van der Waals surface area contributed by atoms with Crippen molar-refractivity contribution in [3.63, 3.8) is 0 Å². The fourth-order valence-electron chi connectivity index (χ4n) is 2.91. The number of halogens is 1. The normalized spacial score (nSPS) is 11.0. The Hall–Kier alpha value is -3.69. The van der Waals surface area contributed by atoms with Crippen LogP contribution < -0.4 is 10.2 Å². The highest BCUT2D eigenvalue weighted by molar-refractivity contribution is 7.99. The molecular formula is C23H19ClN6O2S. The number of thioether (sulfide) groups is 1. The molecule has 0 saturated heterocycles. The molecule has 0 aliphatic rings. The molecule has 8 nitrogen and oxygen atoms in total. The van der Waals surface area contributed by atoms with Crippen LogP contribution in [0.25, 0.3) is 17.1 Å². The average Bonchev–Trinajstić information content (AvgIpc) is 3.28. The van der Waals surface area contributed by atoms with E-state index in [1.54, 1.807) is 37.9 Å². The van der Waals surface area contributed by atoms with Crippen LogP contribution in [0.2, 0.25) is 5.02 Å². The van der Waals surface area contributed by atoms with Crippen molar-refractivity contribution in [1.82, 2.24) is 25.2 Å². The van der Waals surface area contributed by atoms with E-state index < -0.39 is 0 Å². The third-order valence-electron chi connectivity index (χ3n) is 4.51. The first-order valence-corrected chi connectivity index (χ1v) is 11.2. The number of carbonyl (C=O) groups is 1. The number of rotatable bonds is 8. The monoisotopic (exact) mass is 478 g/mol. The number of ether oxygens (including phenoxy) is 1. The lowest BCUT2D eigenvalue weighted by atomic mass is 10.2. The largest absolute Gasteiger partial charge is 0.497 e. The van der Waals surface area contributed by atoms with Crippen LogP contribution in [-0.2, 0) is 4.79 Å². The van der Waals surface area contributed by atoms with E-state index in [4.69, 9.17) is 16.3 Å². The maximum absolute atomic E-state index is 12.3. The zero-order valence-corrected chi connectivity index (χ0v) is 19.1. The molecule has 0 aliphatic carbocycles. The second-order valence-electron chi connectivity index (χ2n) is 6.71. The molecule has 2 heterocycles. The van der Waals surface area contributed by atoms with Crippen LogP contribution in [0.4, 0.5) is 0 Å². The van der Waals surface area contributed by atoms with Crippen molar-refractivity contribution in [2.75, 3.05) is 12.9 Å². The van der Waals surface area contributed by atoms with Crippen molar-refractivity contribution in [3.8, 4) is 22.8 Å². The van der Waals surface area contributed by atoms with Crippen molar-refractivity contribution in [3.05, 3.63) is 83.6 Å². The zero-order valence-electron chi connectivity index (χ0n) is 17.6. The molecule has 2 aromatic heterocycles. The van der Waals surface area contributed by atoms with Crippen LogP contribution >= 0.6 is 23.4 Å². The number of carbonyl (C=O) groups excluding carboxylic acids is 1. The highest BCUT2D eigenvalue weighted by Crippen LogP contribution is 2.28. The summed E-state index contributed by atoms with van der Waals surface area (Å²) in [5.74, 6) is 1.24. The first-order valence-electron chi connectivity index (χ1n) is 9.84. The van der Waals surface area contributed by atoms with Gasteiger partial charge >= 0.3 is 0 Å². The molecule has 0 atom stereocenters. The second kappa shape index (κ2) is 10.8. The van der Waals surface area contributed by atoms with Crippen LogP contribution in [0.5, 0.6) is 5.75 Å². The van der Waals surface area contributed by atoms with Crippen molar-refractivity contribution < 1.29 is 9.53 Å². The lowest BCUT2D eigenvalue weighted by molar-refractivity contribution is -0.118. The van der Waals surface area contributed by atoms with Crippen molar-refractivity contribution in [1.29, 1.82) is 0 Å². The fourth-order valence-corrected chi connectivity index (χ4v) is 3.78. The van der Waals surface area contributed by atoms with Crippen molar-refractivity contribution in [2.45, 2.75) is 5.16 Å². The zero-order chi connectivity index (χ0) is 23.0. The van der Waals surface area contributed by atoms with Gasteiger partial charge in [-0.05, 0) is 66.2 Å². The number of pyridine rings is 1. The summed E-state index contributed by atoms with van der Waals surface area (Å²) in [6.45, 7) is 0. The van der Waals surface area contributed by atoms with Gasteiger partial charge in [0.05, 0.1) is 19.1 Å². The fraction of sp³-hybridized carbons (Fsp3) is 0.0870. The molecule has 0 unspecified atom stereocenters. The molecule has 10 heteroatoms. The minimum absolute atomic E-state index is 0.113. The standard InChI is InChI=1S/C23H19ClN6O2S/c1-32-20-8-2-16(3-9-20)14-26-27-21(31)15-33-23-29-28-22(17-10-12-25-13-11-17)30(23)19-6-4-18(24)5-7-19/h2-14H,15H2,1H3,(H,27,31). The van der Waals surface area contributed by atoms with Crippen molar-refractivity contribution >= 4 is 35.5 Å². The number of hydrogen-bond donors (Lipinski definition) is 1. The Balaban J connectivity index is 1.47. The van der Waals surface area contributed by atoms with Crippen molar-refractivity contribution in [2.24, 2.45) is 5.10 Å². The first-order chi connectivity index (χ1) is 16.1. The van der Waals surface area contributed by atoms with E-state index in [1.807, 2.05) is 53.1 Å². The molecule has 4 aromatic rings. The molecule has 0 radical (unpaired) electrons. The summed E-state index contributed by atoms with van der Waals surface area (Å²) in [6, 6.07) is 18.4. The predicted molar refractivity (Wildman–Crippen MR) is 129 cm³/mol. The number of nitrogens with zero attached hydrogens (tertiary/aromatic N) is 5. The molecule has 0 bridgehead atoms. The van der Waals surface area contributed by atoms with E-state index in [1.165, 1.54) is 11.8 Å². The quantitative estimate of drug-likeness (QED) is 0.231. The number of benzene rings is 2. The highest BCUT2D eigenvalue weighted by atomic mass is 35.5. The minimum Gasteiger partial charge on any atom is -0.497 e. The molecule has 4 rings (SSSR count). The van der Waals surface area contributed by atoms with Gasteiger partial charge in [-0.25, -0.2) is 5.43 Å². The molecule has 0 fully saturated rings. The molecule has 2 aromatic carbocycles. The number of aromatic nitrogens is 4. The molecule has 0 aliphatic heterocycles. The molecule has 33 heavy (non-hydrogen) atoms. The second-order valence-corrected chi connectivity index (χ2v) is 8.09. The highest BCUT2D eigenvalue weighted by Gasteiger charge is 2.17. The van der Waals surface area contributed by atoms with Gasteiger partial charge in [0.15, 0.2) is 11.0 Å². The summed E-state index contributed by atoms with van der Waals surface area (Å²) in [5, 5.41) is 13.8. The van der Waals surface area contributed by atoms with E-state index in [2.05, 4.69) is 25.7 Å². The van der Waals surface area contributed by atoms with Gasteiger partial charge in [-0.1, -0.05) is 23.4 Å². The SMILES string of the molecule is COc1ccc(C=NNC(=O)CSc2nnc(-c3ccncc3)n2-c2ccc(Cl)cc2)cc1. The molecule has 0 spiro atoms. The maximum atomic E-state index is 12.3. The summed E-state index contributed by atoms with van der Waals surface area (Å²) >= 11 is 7.31. The van der Waals surface area contributed by atoms with E-state index in [9.17, 15) is 4.79 Å². The lowest BCUT2D eigenvalue weighted by Gasteiger charge is -2.10. The van der Waals surface area contributed by atoms with Gasteiger partial charge in [-0.3, -0.25) is 14.3 Å². The van der Waals surface area contributed by atoms with Gasteiger partial charge in [0.25, 0.3) is 5.91 Å². The van der Waals surface area contributed by atoms with E-state index in [0.717, 1.165) is 22.6 Å². The molecular weight excluding hydrogens is 460 g/mol. The van der Waals surface area contributed by atoms with Crippen LogP contribution in [0.3, 0.4) is 0 Å². The number of methoxy groups -OCH3 is 1. The number of nitrogens with one attached hydrogen (secondary N) is 1. The van der Waals surface area contributed by atoms with Crippen LogP contribution in [0.1, 0.15) is 5.56 Å². The van der Waals surface area contributed by atoms with Crippen LogP contribution in [-0.4, -0.2) is 44.7 Å². The van der Waals surface area contributed by atoms with Gasteiger partial charge in [-0.2, -0.15) is 5.10 Å². The third kappa shape index (κ3) is 5.76. The Morgan fingerprint density at radius 1 is 1.09 bits per heavy atom. The Morgan fingerprint density at radius 3 is 2.52 bits per heavy atom. The summed E-state index contributed by atoms with van der Waals surface area (Å²) in [5.41, 5.74) is 5.06. The number of hydrazone groups is 1. The summed E-state index contributed by atoms with van der Waals surface area (Å²) < 4.78 is 7.00. The smallest absolute Gasteiger partial charge is 0.250 e. The van der Waals surface area contributed by atoms with Gasteiger partial charge in [0.1, 0.15) is 5.75 Å². The lowest BCUT2D eigenvalue weighted by Crippen LogP contribution is -2.20. The molecule has 1 amide bonds. The van der Waals surface area contributed by atoms with Gasteiger partial charge < -0.3 is 4.74 Å². The van der Waals surface area contributed by atoms with Gasteiger partial charge in [-0.15, -0.1) is 10.2 Å². The molecule has 0 saturated carbocycles. The number of hydrogen-bond acceptors (Lipinski definition) is 7. The van der Waals surface area contributed by atoms with E-state index in [0.29, 0.717) is 16.0 Å². The van der Waals surface area contributed by atoms with Gasteiger partial charge in [0, 0.05) is 28.7 Å². The first kappa shape index (κ1) is 22.5. The Labute approximate surface area is 199 Å². The van der Waals surface area contributed by atoms with Crippen LogP contribution in [0, 0.1) is 0 Å². The Kier molecular flexibility index (Phi) is 7.33. The van der Waals surface area contributed by atoms with Gasteiger partial charge in [0.2, 0.25) is 0 Å². The predicted octanol–water partition coefficient (Wildman–Crippen LogP) is 4.23. The van der Waals surface area contributed by atoms with Crippen LogP contribution in [0.15, 0.2) is 83.3 Å². The Morgan fingerprint density at radius 2 is 1.82 bits per heavy atom. The minimum atomic E-state index is -0.263. The maximum Gasteiger partial charge on any atom is 0.250 e. The number of amides is 1. The summed E-state index contributed by atoms with van der Waals surface area (Å²) in [6.07, 6.45) is 4.95. The summed E-state index contributed by atoms with van der Waals surface area (Å²) in [4.78, 5) is 16.4. The topological polar surface area (TPSA) is 94.3 Å².